The van der Waals surface area contributed by atoms with E-state index < -0.39 is 109 Å². The number of carbonyl (C=O) groups excluding carboxylic acids is 6. The maximum absolute atomic E-state index is 12.2. The Balaban J connectivity index is 1.69. The molecular weight excluding hydrogens is 580 g/mol. The SMILES string of the molecule is CC(=O)OC[C@H]1O[C@@H](O[C@@H]2OC=C[C@H]3[C@H](OC(C)=O)[C@H]4O[C@@]4(COC(C)=O)[C@@H]23)[C@H](OC(C)=O)[C@@H](OC(C)=O)[C@@H]1OC(C)=O. The van der Waals surface area contributed by atoms with E-state index in [0.717, 1.165) is 27.7 Å². The zero-order valence-electron chi connectivity index (χ0n) is 24.4. The maximum atomic E-state index is 12.2. The zero-order chi connectivity index (χ0) is 31.6. The van der Waals surface area contributed by atoms with E-state index in [0.29, 0.717) is 0 Å². The van der Waals surface area contributed by atoms with Crippen molar-refractivity contribution in [3.05, 3.63) is 12.3 Å². The molecule has 0 unspecified atom stereocenters. The Morgan fingerprint density at radius 3 is 1.81 bits per heavy atom. The molecule has 11 atom stereocenters. The topological polar surface area (TPSA) is 198 Å². The maximum Gasteiger partial charge on any atom is 0.303 e. The van der Waals surface area contributed by atoms with Gasteiger partial charge in [-0.1, -0.05) is 0 Å². The van der Waals surface area contributed by atoms with Crippen LogP contribution in [0.15, 0.2) is 12.3 Å². The molecular formula is C27H34O16. The Kier molecular flexibility index (Phi) is 9.61. The molecule has 4 aliphatic rings. The number of hydrogen-bond donors (Lipinski definition) is 0. The summed E-state index contributed by atoms with van der Waals surface area (Å²) in [6.45, 7) is 6.27. The van der Waals surface area contributed by atoms with Gasteiger partial charge in [0.25, 0.3) is 0 Å². The summed E-state index contributed by atoms with van der Waals surface area (Å²) in [4.78, 5) is 71.5. The van der Waals surface area contributed by atoms with Crippen molar-refractivity contribution < 1.29 is 76.1 Å². The van der Waals surface area contributed by atoms with Gasteiger partial charge in [-0.2, -0.15) is 0 Å². The summed E-state index contributed by atoms with van der Waals surface area (Å²) in [5, 5.41) is 0. The number of hydrogen-bond acceptors (Lipinski definition) is 16. The first kappa shape index (κ1) is 32.2. The predicted molar refractivity (Wildman–Crippen MR) is 134 cm³/mol. The van der Waals surface area contributed by atoms with E-state index in [2.05, 4.69) is 0 Å². The molecule has 3 fully saturated rings. The summed E-state index contributed by atoms with van der Waals surface area (Å²) in [6.07, 6.45) is -6.80. The minimum Gasteiger partial charge on any atom is -0.472 e. The van der Waals surface area contributed by atoms with Gasteiger partial charge in [-0.05, 0) is 6.08 Å². The number of epoxide rings is 1. The van der Waals surface area contributed by atoms with Gasteiger partial charge in [0.15, 0.2) is 18.3 Å². The highest BCUT2D eigenvalue weighted by molar-refractivity contribution is 5.69. The molecule has 0 amide bonds. The molecule has 0 bridgehead atoms. The van der Waals surface area contributed by atoms with Gasteiger partial charge in [0.1, 0.15) is 37.1 Å². The molecule has 4 rings (SSSR count). The van der Waals surface area contributed by atoms with Crippen LogP contribution in [0.1, 0.15) is 41.5 Å². The van der Waals surface area contributed by atoms with Crippen LogP contribution >= 0.6 is 0 Å². The molecule has 0 aromatic carbocycles. The Morgan fingerprint density at radius 1 is 0.674 bits per heavy atom. The second-order valence-corrected chi connectivity index (χ2v) is 10.5. The monoisotopic (exact) mass is 614 g/mol. The van der Waals surface area contributed by atoms with Crippen molar-refractivity contribution in [2.45, 2.75) is 96.3 Å². The van der Waals surface area contributed by atoms with Gasteiger partial charge < -0.3 is 47.4 Å². The average Bonchev–Trinajstić information content (AvgIpc) is 3.56. The van der Waals surface area contributed by atoms with E-state index in [4.69, 9.17) is 47.4 Å². The summed E-state index contributed by atoms with van der Waals surface area (Å²) < 4.78 is 56.2. The van der Waals surface area contributed by atoms with Crippen molar-refractivity contribution in [1.82, 2.24) is 0 Å². The van der Waals surface area contributed by atoms with Crippen LogP contribution in [-0.2, 0) is 76.1 Å². The van der Waals surface area contributed by atoms with E-state index in [9.17, 15) is 28.8 Å². The highest BCUT2D eigenvalue weighted by Crippen LogP contribution is 2.61. The van der Waals surface area contributed by atoms with Crippen molar-refractivity contribution >= 4 is 35.8 Å². The highest BCUT2D eigenvalue weighted by Gasteiger charge is 2.78. The van der Waals surface area contributed by atoms with Crippen LogP contribution in [0.3, 0.4) is 0 Å². The molecule has 43 heavy (non-hydrogen) atoms. The normalized spacial score (nSPS) is 37.0. The third kappa shape index (κ3) is 7.08. The number of carbonyl (C=O) groups is 6. The number of fused-ring (bicyclic) bond motifs is 3. The second kappa shape index (κ2) is 12.9. The van der Waals surface area contributed by atoms with Crippen LogP contribution in [0, 0.1) is 11.8 Å². The number of rotatable bonds is 10. The fraction of sp³-hybridized carbons (Fsp3) is 0.704. The van der Waals surface area contributed by atoms with Crippen molar-refractivity contribution in [1.29, 1.82) is 0 Å². The fourth-order valence-corrected chi connectivity index (χ4v) is 5.79. The molecule has 16 heteroatoms. The molecule has 0 spiro atoms. The smallest absolute Gasteiger partial charge is 0.303 e. The summed E-state index contributed by atoms with van der Waals surface area (Å²) in [7, 11) is 0. The molecule has 1 aliphatic carbocycles. The number of esters is 6. The number of ether oxygens (including phenoxy) is 10. The summed E-state index contributed by atoms with van der Waals surface area (Å²) >= 11 is 0. The Labute approximate surface area is 246 Å². The van der Waals surface area contributed by atoms with Crippen molar-refractivity contribution in [2.24, 2.45) is 11.8 Å². The quantitative estimate of drug-likeness (QED) is 0.178. The lowest BCUT2D eigenvalue weighted by molar-refractivity contribution is -0.346. The molecule has 3 aliphatic heterocycles. The molecule has 1 saturated carbocycles. The standard InChI is InChI=1S/C27H34O16/c1-11(28)35-9-18-21(38-14(4)31)22(39-15(5)32)23(40-16(6)33)26(41-18)42-25-19-17(7-8-34-25)20(37-13(3)30)24-27(19,43-24)10-36-12(2)29/h7-8,17-26H,9-10H2,1-6H3/t17-,18-,19-,20+,21-,22+,23-,24-,25+,26+,27+/m1/s1. The highest BCUT2D eigenvalue weighted by atomic mass is 16.8. The lowest BCUT2D eigenvalue weighted by Gasteiger charge is -2.46. The van der Waals surface area contributed by atoms with Crippen LogP contribution < -0.4 is 0 Å². The van der Waals surface area contributed by atoms with Crippen LogP contribution in [0.25, 0.3) is 0 Å². The second-order valence-electron chi connectivity index (χ2n) is 10.5. The Hall–Kier alpha value is -3.76. The molecule has 0 radical (unpaired) electrons. The minimum absolute atomic E-state index is 0.207. The molecule has 2 saturated heterocycles. The lowest BCUT2D eigenvalue weighted by Crippen LogP contribution is -2.64. The van der Waals surface area contributed by atoms with Crippen molar-refractivity contribution in [3.63, 3.8) is 0 Å². The van der Waals surface area contributed by atoms with Crippen LogP contribution in [0.4, 0.5) is 0 Å². The third-order valence-electron chi connectivity index (χ3n) is 7.25. The third-order valence-corrected chi connectivity index (χ3v) is 7.25. The molecule has 0 aromatic rings. The van der Waals surface area contributed by atoms with Gasteiger partial charge in [-0.15, -0.1) is 0 Å². The fourth-order valence-electron chi connectivity index (χ4n) is 5.79. The minimum atomic E-state index is -1.55. The Bertz CT molecular complexity index is 1170. The molecule has 0 aromatic heterocycles. The molecule has 16 nitrogen and oxygen atoms in total. The average molecular weight is 615 g/mol. The van der Waals surface area contributed by atoms with Gasteiger partial charge in [0, 0.05) is 47.5 Å². The van der Waals surface area contributed by atoms with Gasteiger partial charge in [0.2, 0.25) is 12.6 Å². The first-order valence-electron chi connectivity index (χ1n) is 13.5. The van der Waals surface area contributed by atoms with E-state index >= 15 is 0 Å². The first-order chi connectivity index (χ1) is 20.2. The summed E-state index contributed by atoms with van der Waals surface area (Å²) in [5.41, 5.74) is -1.16. The van der Waals surface area contributed by atoms with Gasteiger partial charge in [0.05, 0.1) is 12.2 Å². The van der Waals surface area contributed by atoms with Crippen molar-refractivity contribution in [3.8, 4) is 0 Å². The van der Waals surface area contributed by atoms with E-state index in [1.165, 1.54) is 20.1 Å². The summed E-state index contributed by atoms with van der Waals surface area (Å²) in [6, 6.07) is 0. The van der Waals surface area contributed by atoms with Crippen LogP contribution in [0.5, 0.6) is 0 Å². The van der Waals surface area contributed by atoms with E-state index in [-0.39, 0.29) is 6.61 Å². The molecule has 3 heterocycles. The van der Waals surface area contributed by atoms with Crippen LogP contribution in [-0.4, -0.2) is 104 Å². The van der Waals surface area contributed by atoms with Gasteiger partial charge in [-0.25, -0.2) is 0 Å². The summed E-state index contributed by atoms with van der Waals surface area (Å²) in [5.74, 6) is -5.45. The molecule has 238 valence electrons. The molecule has 0 N–H and O–H groups in total. The van der Waals surface area contributed by atoms with Gasteiger partial charge in [-0.3, -0.25) is 28.8 Å². The Morgan fingerprint density at radius 2 is 1.23 bits per heavy atom. The van der Waals surface area contributed by atoms with E-state index in [1.807, 2.05) is 0 Å². The first-order valence-corrected chi connectivity index (χ1v) is 13.5. The lowest BCUT2D eigenvalue weighted by atomic mass is 9.85. The van der Waals surface area contributed by atoms with E-state index in [1.54, 1.807) is 6.08 Å². The van der Waals surface area contributed by atoms with Gasteiger partial charge >= 0.3 is 35.8 Å². The zero-order valence-corrected chi connectivity index (χ0v) is 24.4. The van der Waals surface area contributed by atoms with Crippen molar-refractivity contribution in [2.75, 3.05) is 13.2 Å². The van der Waals surface area contributed by atoms with Crippen LogP contribution in [0.2, 0.25) is 0 Å². The largest absolute Gasteiger partial charge is 0.472 e. The predicted octanol–water partition coefficient (Wildman–Crippen LogP) is -0.165.